The quantitative estimate of drug-likeness (QED) is 0.778. The van der Waals surface area contributed by atoms with Gasteiger partial charge in [0, 0.05) is 19.3 Å². The molecule has 2 aromatic rings. The Balaban J connectivity index is 1.55. The first kappa shape index (κ1) is 19.6. The van der Waals surface area contributed by atoms with E-state index in [4.69, 9.17) is 21.1 Å². The van der Waals surface area contributed by atoms with Crippen LogP contribution in [0.4, 0.5) is 5.82 Å². The molecule has 1 aromatic carbocycles. The molecular formula is C17H18ClN3O5S. The number of nitrogens with zero attached hydrogens (tertiary/aromatic N) is 2. The molecule has 1 aliphatic rings. The number of aromatic nitrogens is 1. The van der Waals surface area contributed by atoms with Crippen molar-refractivity contribution in [3.63, 3.8) is 0 Å². The zero-order chi connectivity index (χ0) is 19.3. The first-order valence-corrected chi connectivity index (χ1v) is 9.99. The summed E-state index contributed by atoms with van der Waals surface area (Å²) < 4.78 is 37.0. The number of ether oxygens (including phenoxy) is 2. The number of morpholine rings is 1. The first-order valence-electron chi connectivity index (χ1n) is 8.17. The predicted octanol–water partition coefficient (Wildman–Crippen LogP) is 1.77. The number of pyridine rings is 1. The second-order valence-corrected chi connectivity index (χ2v) is 8.06. The van der Waals surface area contributed by atoms with Gasteiger partial charge in [0.05, 0.1) is 23.1 Å². The Bertz CT molecular complexity index is 882. The fraction of sp³-hybridized carbons (Fsp3) is 0.294. The van der Waals surface area contributed by atoms with Crippen LogP contribution in [0.25, 0.3) is 0 Å². The molecule has 0 radical (unpaired) electrons. The van der Waals surface area contributed by atoms with Crippen LogP contribution in [0, 0.1) is 0 Å². The van der Waals surface area contributed by atoms with E-state index < -0.39 is 15.9 Å². The maximum absolute atomic E-state index is 12.5. The molecule has 0 saturated carbocycles. The number of sulfonamides is 1. The van der Waals surface area contributed by atoms with Crippen LogP contribution >= 0.6 is 11.6 Å². The van der Waals surface area contributed by atoms with Gasteiger partial charge in [-0.2, -0.15) is 4.31 Å². The fourth-order valence-corrected chi connectivity index (χ4v) is 3.94. The number of anilines is 1. The lowest BCUT2D eigenvalue weighted by molar-refractivity contribution is -0.118. The average molecular weight is 412 g/mol. The molecule has 0 aliphatic carbocycles. The van der Waals surface area contributed by atoms with Crippen molar-refractivity contribution in [1.29, 1.82) is 0 Å². The summed E-state index contributed by atoms with van der Waals surface area (Å²) in [7, 11) is -3.55. The number of rotatable bonds is 6. The van der Waals surface area contributed by atoms with E-state index >= 15 is 0 Å². The van der Waals surface area contributed by atoms with Gasteiger partial charge in [0.1, 0.15) is 11.6 Å². The summed E-state index contributed by atoms with van der Waals surface area (Å²) in [5, 5.41) is 3.04. The van der Waals surface area contributed by atoms with Crippen molar-refractivity contribution < 1.29 is 22.7 Å². The topological polar surface area (TPSA) is 97.8 Å². The van der Waals surface area contributed by atoms with Crippen LogP contribution < -0.4 is 10.1 Å². The lowest BCUT2D eigenvalue weighted by Gasteiger charge is -2.26. The molecule has 144 valence electrons. The Kier molecular flexibility index (Phi) is 6.27. The van der Waals surface area contributed by atoms with E-state index in [1.54, 1.807) is 12.1 Å². The van der Waals surface area contributed by atoms with Gasteiger partial charge in [-0.05, 0) is 36.4 Å². The zero-order valence-electron chi connectivity index (χ0n) is 14.3. The first-order chi connectivity index (χ1) is 12.9. The van der Waals surface area contributed by atoms with Crippen LogP contribution in [0.15, 0.2) is 47.5 Å². The number of hydrogen-bond donors (Lipinski definition) is 1. The largest absolute Gasteiger partial charge is 0.484 e. The van der Waals surface area contributed by atoms with Gasteiger partial charge in [0.2, 0.25) is 10.0 Å². The summed E-state index contributed by atoms with van der Waals surface area (Å²) in [4.78, 5) is 16.0. The predicted molar refractivity (Wildman–Crippen MR) is 99.4 cm³/mol. The minimum absolute atomic E-state index is 0.173. The van der Waals surface area contributed by atoms with Gasteiger partial charge < -0.3 is 14.8 Å². The third-order valence-corrected chi connectivity index (χ3v) is 5.93. The van der Waals surface area contributed by atoms with Crippen molar-refractivity contribution in [3.05, 3.63) is 47.6 Å². The Morgan fingerprint density at radius 3 is 2.52 bits per heavy atom. The van der Waals surface area contributed by atoms with Crippen molar-refractivity contribution >= 4 is 33.3 Å². The molecule has 1 saturated heterocycles. The molecule has 3 rings (SSSR count). The summed E-state index contributed by atoms with van der Waals surface area (Å²) >= 11 is 5.73. The standard InChI is InChI=1S/C17H18ClN3O5S/c18-13-1-6-16(19-11-13)20-17(22)12-26-14-2-4-15(5-3-14)27(23,24)21-7-9-25-10-8-21/h1-6,11H,7-10,12H2,(H,19,20,22). The smallest absolute Gasteiger partial charge is 0.263 e. The Labute approximate surface area is 162 Å². The molecule has 1 amide bonds. The van der Waals surface area contributed by atoms with Crippen molar-refractivity contribution in [2.24, 2.45) is 0 Å². The van der Waals surface area contributed by atoms with Gasteiger partial charge in [-0.3, -0.25) is 4.79 Å². The molecule has 10 heteroatoms. The van der Waals surface area contributed by atoms with Gasteiger partial charge in [-0.15, -0.1) is 0 Å². The van der Waals surface area contributed by atoms with E-state index in [0.29, 0.717) is 42.9 Å². The molecule has 1 aromatic heterocycles. The number of halogens is 1. The number of carbonyl (C=O) groups is 1. The van der Waals surface area contributed by atoms with Crippen molar-refractivity contribution in [2.45, 2.75) is 4.90 Å². The van der Waals surface area contributed by atoms with E-state index in [1.165, 1.54) is 34.8 Å². The van der Waals surface area contributed by atoms with Crippen molar-refractivity contribution in [2.75, 3.05) is 38.2 Å². The number of nitrogens with one attached hydrogen (secondary N) is 1. The van der Waals surface area contributed by atoms with Crippen molar-refractivity contribution in [1.82, 2.24) is 9.29 Å². The highest BCUT2D eigenvalue weighted by atomic mass is 35.5. The summed E-state index contributed by atoms with van der Waals surface area (Å²) in [5.41, 5.74) is 0. The van der Waals surface area contributed by atoms with Crippen LogP contribution in [0.2, 0.25) is 5.02 Å². The molecular weight excluding hydrogens is 394 g/mol. The number of benzene rings is 1. The zero-order valence-corrected chi connectivity index (χ0v) is 15.9. The molecule has 0 unspecified atom stereocenters. The molecule has 1 N–H and O–H groups in total. The molecule has 27 heavy (non-hydrogen) atoms. The van der Waals surface area contributed by atoms with Crippen molar-refractivity contribution in [3.8, 4) is 5.75 Å². The van der Waals surface area contributed by atoms with E-state index in [0.717, 1.165) is 0 Å². The average Bonchev–Trinajstić information content (AvgIpc) is 2.69. The summed E-state index contributed by atoms with van der Waals surface area (Å²) in [5.74, 6) is 0.352. The molecule has 0 atom stereocenters. The Morgan fingerprint density at radius 1 is 1.19 bits per heavy atom. The van der Waals surface area contributed by atoms with Gasteiger partial charge in [0.15, 0.2) is 6.61 Å². The molecule has 0 bridgehead atoms. The number of amides is 1. The molecule has 2 heterocycles. The van der Waals surface area contributed by atoms with Gasteiger partial charge in [-0.25, -0.2) is 13.4 Å². The van der Waals surface area contributed by atoms with E-state index in [-0.39, 0.29) is 11.5 Å². The van der Waals surface area contributed by atoms with E-state index in [9.17, 15) is 13.2 Å². The molecule has 0 spiro atoms. The van der Waals surface area contributed by atoms with Crippen LogP contribution in [0.3, 0.4) is 0 Å². The Morgan fingerprint density at radius 2 is 1.89 bits per heavy atom. The highest BCUT2D eigenvalue weighted by Crippen LogP contribution is 2.20. The summed E-state index contributed by atoms with van der Waals surface area (Å²) in [6, 6.07) is 9.13. The lowest BCUT2D eigenvalue weighted by atomic mass is 10.3. The fourth-order valence-electron chi connectivity index (χ4n) is 2.42. The summed E-state index contributed by atoms with van der Waals surface area (Å²) in [6.45, 7) is 1.20. The van der Waals surface area contributed by atoms with E-state index in [2.05, 4.69) is 10.3 Å². The third kappa shape index (κ3) is 5.16. The third-order valence-electron chi connectivity index (χ3n) is 3.80. The maximum Gasteiger partial charge on any atom is 0.263 e. The summed E-state index contributed by atoms with van der Waals surface area (Å²) in [6.07, 6.45) is 1.42. The normalized spacial score (nSPS) is 15.3. The minimum Gasteiger partial charge on any atom is -0.484 e. The highest BCUT2D eigenvalue weighted by Gasteiger charge is 2.26. The molecule has 1 fully saturated rings. The van der Waals surface area contributed by atoms with E-state index in [1.807, 2.05) is 0 Å². The van der Waals surface area contributed by atoms with Crippen LogP contribution in [-0.2, 0) is 19.6 Å². The second kappa shape index (κ2) is 8.66. The Hall–Kier alpha value is -2.20. The monoisotopic (exact) mass is 411 g/mol. The number of carbonyl (C=O) groups excluding carboxylic acids is 1. The molecule has 8 nitrogen and oxygen atoms in total. The molecule has 1 aliphatic heterocycles. The van der Waals surface area contributed by atoms with Crippen LogP contribution in [-0.4, -0.2) is 56.5 Å². The maximum atomic E-state index is 12.5. The van der Waals surface area contributed by atoms with Gasteiger partial charge in [-0.1, -0.05) is 11.6 Å². The SMILES string of the molecule is O=C(COc1ccc(S(=O)(=O)N2CCOCC2)cc1)Nc1ccc(Cl)cn1. The van der Waals surface area contributed by atoms with Gasteiger partial charge >= 0.3 is 0 Å². The number of hydrogen-bond acceptors (Lipinski definition) is 6. The minimum atomic E-state index is -3.55. The van der Waals surface area contributed by atoms with Crippen LogP contribution in [0.5, 0.6) is 5.75 Å². The second-order valence-electron chi connectivity index (χ2n) is 5.69. The van der Waals surface area contributed by atoms with Crippen LogP contribution in [0.1, 0.15) is 0 Å². The highest BCUT2D eigenvalue weighted by molar-refractivity contribution is 7.89. The van der Waals surface area contributed by atoms with Gasteiger partial charge in [0.25, 0.3) is 5.91 Å². The lowest BCUT2D eigenvalue weighted by Crippen LogP contribution is -2.40.